The monoisotopic (exact) mass is 616 g/mol. The number of rotatable bonds is 18. The second-order valence-corrected chi connectivity index (χ2v) is 9.43. The van der Waals surface area contributed by atoms with Crippen molar-refractivity contribution in [2.75, 3.05) is 68.6 Å². The maximum absolute atomic E-state index is 12.1. The van der Waals surface area contributed by atoms with Crippen LogP contribution in [0.2, 0.25) is 0 Å². The Labute approximate surface area is 260 Å². The number of carbonyl (C=O) groups excluding carboxylic acids is 2. The highest BCUT2D eigenvalue weighted by atomic mass is 16.5. The number of nitrogens with one attached hydrogen (secondary N) is 5. The van der Waals surface area contributed by atoms with Crippen LogP contribution in [0, 0.1) is 0 Å². The zero-order valence-corrected chi connectivity index (χ0v) is 24.5. The van der Waals surface area contributed by atoms with Gasteiger partial charge in [-0.3, -0.25) is 9.59 Å². The lowest BCUT2D eigenvalue weighted by molar-refractivity contribution is 0.0519. The van der Waals surface area contributed by atoms with Gasteiger partial charge >= 0.3 is 0 Å². The van der Waals surface area contributed by atoms with Gasteiger partial charge in [-0.1, -0.05) is 18.2 Å². The van der Waals surface area contributed by atoms with Gasteiger partial charge in [0.2, 0.25) is 17.8 Å². The van der Waals surface area contributed by atoms with Gasteiger partial charge in [-0.05, 0) is 60.7 Å². The lowest BCUT2D eigenvalue weighted by Crippen LogP contribution is -2.27. The zero-order valence-electron chi connectivity index (χ0n) is 24.5. The summed E-state index contributed by atoms with van der Waals surface area (Å²) in [6, 6.07) is 22.2. The molecule has 0 aliphatic rings. The first kappa shape index (κ1) is 32.6. The third kappa shape index (κ3) is 11.4. The van der Waals surface area contributed by atoms with Crippen LogP contribution in [0.5, 0.6) is 5.75 Å². The number of anilines is 5. The van der Waals surface area contributed by atoms with Gasteiger partial charge < -0.3 is 46.3 Å². The molecular weight excluding hydrogens is 580 g/mol. The van der Waals surface area contributed by atoms with Crippen LogP contribution in [0.3, 0.4) is 0 Å². The maximum Gasteiger partial charge on any atom is 0.251 e. The van der Waals surface area contributed by atoms with Crippen LogP contribution in [0.25, 0.3) is 0 Å². The average Bonchev–Trinajstić information content (AvgIpc) is 3.06. The number of phenolic OH excluding ortho intramolecular Hbond substituents is 1. The van der Waals surface area contributed by atoms with Gasteiger partial charge in [0.1, 0.15) is 5.75 Å². The fourth-order valence-corrected chi connectivity index (χ4v) is 3.83. The third-order valence-electron chi connectivity index (χ3n) is 6.03. The molecule has 0 bridgehead atoms. The van der Waals surface area contributed by atoms with E-state index in [0.29, 0.717) is 68.0 Å². The van der Waals surface area contributed by atoms with Crippen molar-refractivity contribution in [1.82, 2.24) is 25.6 Å². The summed E-state index contributed by atoms with van der Waals surface area (Å²) in [6.45, 7) is 2.33. The fraction of sp³-hybridized carbons (Fsp3) is 0.258. The van der Waals surface area contributed by atoms with Gasteiger partial charge in [-0.25, -0.2) is 0 Å². The molecule has 1 aromatic heterocycles. The van der Waals surface area contributed by atoms with Gasteiger partial charge in [0.05, 0.1) is 33.0 Å². The van der Waals surface area contributed by atoms with Crippen LogP contribution in [0.1, 0.15) is 20.7 Å². The lowest BCUT2D eigenvalue weighted by atomic mass is 10.2. The molecule has 2 amide bonds. The summed E-state index contributed by atoms with van der Waals surface area (Å²) in [5, 5.41) is 33.2. The second-order valence-electron chi connectivity index (χ2n) is 9.43. The first-order valence-electron chi connectivity index (χ1n) is 14.3. The Morgan fingerprint density at radius 3 is 1.71 bits per heavy atom. The normalized spacial score (nSPS) is 10.6. The Bertz CT molecular complexity index is 1490. The van der Waals surface area contributed by atoms with E-state index < -0.39 is 0 Å². The molecule has 0 radical (unpaired) electrons. The molecule has 4 rings (SSSR count). The molecule has 3 aromatic carbocycles. The van der Waals surface area contributed by atoms with E-state index in [4.69, 9.17) is 14.6 Å². The molecular formula is C31H36N8O6. The Morgan fingerprint density at radius 2 is 1.11 bits per heavy atom. The Kier molecular flexibility index (Phi) is 12.8. The van der Waals surface area contributed by atoms with Crippen LogP contribution >= 0.6 is 0 Å². The quantitative estimate of drug-likeness (QED) is 0.0640. The molecule has 1 heterocycles. The number of aliphatic hydroxyl groups is 1. The van der Waals surface area contributed by atoms with Crippen molar-refractivity contribution >= 4 is 41.0 Å². The number of nitrogens with zero attached hydrogens (tertiary/aromatic N) is 3. The number of phenols is 1. The second kappa shape index (κ2) is 17.7. The standard InChI is InChI=1S/C31H36N8O6/c40-17-14-32-28(43)23-6-8-24(9-7-23)35-30-37-29(38-31(39-30)36-25-10-12-26(41)13-11-25)34-16-19-45-21-20-44-18-15-33-27(42)22-4-2-1-3-5-22/h1-13,40-41H,14-21H2,(H,32,43)(H,33,42)(H3,34,35,36,37,38,39). The van der Waals surface area contributed by atoms with E-state index in [9.17, 15) is 14.7 Å². The molecule has 236 valence electrons. The molecule has 0 spiro atoms. The lowest BCUT2D eigenvalue weighted by Gasteiger charge is -2.12. The summed E-state index contributed by atoms with van der Waals surface area (Å²) in [5.74, 6) is 0.507. The third-order valence-corrected chi connectivity index (χ3v) is 6.03. The summed E-state index contributed by atoms with van der Waals surface area (Å²) >= 11 is 0. The maximum atomic E-state index is 12.1. The van der Waals surface area contributed by atoms with Crippen molar-refractivity contribution in [3.05, 3.63) is 90.0 Å². The zero-order chi connectivity index (χ0) is 31.7. The SMILES string of the molecule is O=C(NCCO)c1ccc(Nc2nc(NCCOCCOCCNC(=O)c3ccccc3)nc(Nc3ccc(O)cc3)n2)cc1. The Balaban J connectivity index is 1.24. The highest BCUT2D eigenvalue weighted by Crippen LogP contribution is 2.20. The van der Waals surface area contributed by atoms with Crippen LogP contribution in [0.4, 0.5) is 29.2 Å². The number of hydrogen-bond donors (Lipinski definition) is 7. The smallest absolute Gasteiger partial charge is 0.251 e. The molecule has 0 saturated heterocycles. The summed E-state index contributed by atoms with van der Waals surface area (Å²) in [5.41, 5.74) is 2.36. The number of benzene rings is 3. The van der Waals surface area contributed by atoms with E-state index >= 15 is 0 Å². The largest absolute Gasteiger partial charge is 0.508 e. The highest BCUT2D eigenvalue weighted by Gasteiger charge is 2.10. The topological polar surface area (TPSA) is 192 Å². The molecule has 0 saturated carbocycles. The summed E-state index contributed by atoms with van der Waals surface area (Å²) < 4.78 is 11.1. The molecule has 0 unspecified atom stereocenters. The van der Waals surface area contributed by atoms with Gasteiger partial charge in [-0.15, -0.1) is 0 Å². The van der Waals surface area contributed by atoms with Crippen LogP contribution < -0.4 is 26.6 Å². The van der Waals surface area contributed by atoms with Gasteiger partial charge in [0, 0.05) is 42.1 Å². The molecule has 14 heteroatoms. The molecule has 0 atom stereocenters. The number of hydrogen-bond acceptors (Lipinski definition) is 12. The number of aromatic nitrogens is 3. The van der Waals surface area contributed by atoms with E-state index in [1.807, 2.05) is 18.2 Å². The van der Waals surface area contributed by atoms with Gasteiger partial charge in [0.15, 0.2) is 0 Å². The predicted molar refractivity (Wildman–Crippen MR) is 169 cm³/mol. The van der Waals surface area contributed by atoms with E-state index in [-0.39, 0.29) is 42.6 Å². The van der Waals surface area contributed by atoms with E-state index in [2.05, 4.69) is 41.5 Å². The predicted octanol–water partition coefficient (Wildman–Crippen LogP) is 2.66. The van der Waals surface area contributed by atoms with Crippen molar-refractivity contribution < 1.29 is 29.3 Å². The van der Waals surface area contributed by atoms with Crippen LogP contribution in [-0.2, 0) is 9.47 Å². The van der Waals surface area contributed by atoms with Crippen molar-refractivity contribution in [1.29, 1.82) is 0 Å². The number of carbonyl (C=O) groups is 2. The molecule has 0 fully saturated rings. The number of aromatic hydroxyl groups is 1. The summed E-state index contributed by atoms with van der Waals surface area (Å²) in [7, 11) is 0. The fourth-order valence-electron chi connectivity index (χ4n) is 3.83. The minimum atomic E-state index is -0.288. The Morgan fingerprint density at radius 1 is 0.600 bits per heavy atom. The number of ether oxygens (including phenoxy) is 2. The highest BCUT2D eigenvalue weighted by molar-refractivity contribution is 5.94. The van der Waals surface area contributed by atoms with Crippen molar-refractivity contribution in [3.63, 3.8) is 0 Å². The first-order valence-corrected chi connectivity index (χ1v) is 14.3. The minimum absolute atomic E-state index is 0.134. The van der Waals surface area contributed by atoms with Crippen LogP contribution in [-0.4, -0.2) is 89.6 Å². The van der Waals surface area contributed by atoms with E-state index in [1.165, 1.54) is 0 Å². The average molecular weight is 617 g/mol. The number of amides is 2. The molecule has 45 heavy (non-hydrogen) atoms. The molecule has 0 aliphatic carbocycles. The molecule has 7 N–H and O–H groups in total. The van der Waals surface area contributed by atoms with Crippen molar-refractivity contribution in [2.24, 2.45) is 0 Å². The summed E-state index contributed by atoms with van der Waals surface area (Å²) in [4.78, 5) is 37.4. The molecule has 14 nitrogen and oxygen atoms in total. The van der Waals surface area contributed by atoms with E-state index in [0.717, 1.165) is 0 Å². The van der Waals surface area contributed by atoms with Gasteiger partial charge in [-0.2, -0.15) is 15.0 Å². The van der Waals surface area contributed by atoms with Crippen LogP contribution in [0.15, 0.2) is 78.9 Å². The van der Waals surface area contributed by atoms with Crippen molar-refractivity contribution in [2.45, 2.75) is 0 Å². The molecule has 0 aliphatic heterocycles. The molecule has 4 aromatic rings. The number of aliphatic hydroxyl groups excluding tert-OH is 1. The minimum Gasteiger partial charge on any atom is -0.508 e. The first-order chi connectivity index (χ1) is 22.0. The Hall–Kier alpha value is -5.31. The van der Waals surface area contributed by atoms with Crippen molar-refractivity contribution in [3.8, 4) is 5.75 Å². The van der Waals surface area contributed by atoms with E-state index in [1.54, 1.807) is 60.7 Å². The summed E-state index contributed by atoms with van der Waals surface area (Å²) in [6.07, 6.45) is 0. The van der Waals surface area contributed by atoms with Gasteiger partial charge in [0.25, 0.3) is 11.8 Å².